The fraction of sp³-hybridized carbons (Fsp3) is 0.360. The second kappa shape index (κ2) is 10.3. The Bertz CT molecular complexity index is 1140. The van der Waals surface area contributed by atoms with Crippen molar-refractivity contribution in [2.24, 2.45) is 7.05 Å². The van der Waals surface area contributed by atoms with Crippen molar-refractivity contribution in [3.63, 3.8) is 0 Å². The number of aryl methyl sites for hydroxylation is 1. The molecule has 6 nitrogen and oxygen atoms in total. The molecule has 1 amide bonds. The van der Waals surface area contributed by atoms with Gasteiger partial charge in [-0.05, 0) is 68.4 Å². The maximum atomic E-state index is 13.0. The van der Waals surface area contributed by atoms with Crippen LogP contribution in [0.2, 0.25) is 0 Å². The summed E-state index contributed by atoms with van der Waals surface area (Å²) in [6.45, 7) is 3.52. The highest BCUT2D eigenvalue weighted by Crippen LogP contribution is 2.33. The summed E-state index contributed by atoms with van der Waals surface area (Å²) in [5, 5.41) is 6.91. The number of hydrogen-bond acceptors (Lipinski definition) is 4. The van der Waals surface area contributed by atoms with E-state index >= 15 is 0 Å². The highest BCUT2D eigenvalue weighted by atomic mass is 19.4. The molecule has 0 saturated carbocycles. The third kappa shape index (κ3) is 5.77. The minimum atomic E-state index is -4.52. The van der Waals surface area contributed by atoms with Crippen LogP contribution in [-0.4, -0.2) is 46.8 Å². The van der Waals surface area contributed by atoms with Gasteiger partial charge in [-0.2, -0.15) is 18.3 Å². The molecular weight excluding hydrogens is 445 g/mol. The van der Waals surface area contributed by atoms with Gasteiger partial charge >= 0.3 is 6.18 Å². The number of piperidine rings is 1. The summed E-state index contributed by atoms with van der Waals surface area (Å²) in [4.78, 5) is 15.0. The SMILES string of the molecule is Cn1nccc1-c1cc(NC(=O)c2cccc(C(F)(F)F)c2)ccc1OCCN1CCCCC1. The molecule has 0 aliphatic carbocycles. The number of amides is 1. The lowest BCUT2D eigenvalue weighted by molar-refractivity contribution is -0.137. The number of carbonyl (C=O) groups is 1. The van der Waals surface area contributed by atoms with Gasteiger partial charge in [0, 0.05) is 36.6 Å². The van der Waals surface area contributed by atoms with E-state index in [1.165, 1.54) is 31.4 Å². The van der Waals surface area contributed by atoms with E-state index in [9.17, 15) is 18.0 Å². The van der Waals surface area contributed by atoms with Gasteiger partial charge in [0.15, 0.2) is 0 Å². The van der Waals surface area contributed by atoms with Crippen LogP contribution in [0.3, 0.4) is 0 Å². The lowest BCUT2D eigenvalue weighted by atomic mass is 10.1. The average molecular weight is 473 g/mol. The number of likely N-dealkylation sites (tertiary alicyclic amines) is 1. The number of hydrogen-bond donors (Lipinski definition) is 1. The molecule has 0 spiro atoms. The van der Waals surface area contributed by atoms with Crippen molar-refractivity contribution < 1.29 is 22.7 Å². The van der Waals surface area contributed by atoms with Crippen LogP contribution >= 0.6 is 0 Å². The molecule has 0 atom stereocenters. The normalized spacial score (nSPS) is 14.7. The Balaban J connectivity index is 1.52. The van der Waals surface area contributed by atoms with Crippen molar-refractivity contribution in [3.05, 3.63) is 65.9 Å². The van der Waals surface area contributed by atoms with Crippen molar-refractivity contribution in [2.45, 2.75) is 25.4 Å². The van der Waals surface area contributed by atoms with E-state index in [1.54, 1.807) is 36.1 Å². The van der Waals surface area contributed by atoms with E-state index in [1.807, 2.05) is 6.07 Å². The van der Waals surface area contributed by atoms with Crippen LogP contribution in [0.5, 0.6) is 5.75 Å². The van der Waals surface area contributed by atoms with Crippen LogP contribution < -0.4 is 10.1 Å². The van der Waals surface area contributed by atoms with Gasteiger partial charge < -0.3 is 10.1 Å². The smallest absolute Gasteiger partial charge is 0.416 e. The average Bonchev–Trinajstić information content (AvgIpc) is 3.25. The second-order valence-corrected chi connectivity index (χ2v) is 8.33. The van der Waals surface area contributed by atoms with Crippen molar-refractivity contribution in [3.8, 4) is 17.0 Å². The molecule has 4 rings (SSSR count). The largest absolute Gasteiger partial charge is 0.492 e. The second-order valence-electron chi connectivity index (χ2n) is 8.33. The first-order chi connectivity index (χ1) is 16.3. The van der Waals surface area contributed by atoms with E-state index in [0.29, 0.717) is 18.0 Å². The first-order valence-corrected chi connectivity index (χ1v) is 11.3. The predicted octanol–water partition coefficient (Wildman–Crippen LogP) is 5.22. The van der Waals surface area contributed by atoms with Gasteiger partial charge in [0.2, 0.25) is 0 Å². The van der Waals surface area contributed by atoms with Crippen molar-refractivity contribution in [1.29, 1.82) is 0 Å². The Hall–Kier alpha value is -3.33. The van der Waals surface area contributed by atoms with Gasteiger partial charge in [0.25, 0.3) is 5.91 Å². The Morgan fingerprint density at radius 1 is 1.09 bits per heavy atom. The van der Waals surface area contributed by atoms with E-state index in [0.717, 1.165) is 43.0 Å². The van der Waals surface area contributed by atoms with Crippen LogP contribution in [0, 0.1) is 0 Å². The highest BCUT2D eigenvalue weighted by molar-refractivity contribution is 6.04. The Morgan fingerprint density at radius 2 is 1.88 bits per heavy atom. The lowest BCUT2D eigenvalue weighted by Crippen LogP contribution is -2.33. The van der Waals surface area contributed by atoms with Gasteiger partial charge in [-0.15, -0.1) is 0 Å². The molecule has 2 heterocycles. The standard InChI is InChI=1S/C25H27F3N4O2/c1-31-22(10-11-29-31)21-17-20(8-9-23(21)34-15-14-32-12-3-2-4-13-32)30-24(33)18-6-5-7-19(16-18)25(26,27)28/h5-11,16-17H,2-4,12-15H2,1H3,(H,30,33). The van der Waals surface area contributed by atoms with Crippen LogP contribution in [0.15, 0.2) is 54.7 Å². The number of nitrogens with zero attached hydrogens (tertiary/aromatic N) is 3. The van der Waals surface area contributed by atoms with Crippen LogP contribution in [-0.2, 0) is 13.2 Å². The molecule has 1 aliphatic heterocycles. The van der Waals surface area contributed by atoms with Gasteiger partial charge in [-0.25, -0.2) is 0 Å². The monoisotopic (exact) mass is 472 g/mol. The van der Waals surface area contributed by atoms with Crippen molar-refractivity contribution in [2.75, 3.05) is 31.6 Å². The topological polar surface area (TPSA) is 59.4 Å². The molecule has 2 aromatic carbocycles. The van der Waals surface area contributed by atoms with E-state index in [2.05, 4.69) is 15.3 Å². The van der Waals surface area contributed by atoms with E-state index in [4.69, 9.17) is 4.74 Å². The summed E-state index contributed by atoms with van der Waals surface area (Å²) in [6, 6.07) is 11.4. The molecule has 1 aromatic heterocycles. The van der Waals surface area contributed by atoms with Crippen molar-refractivity contribution >= 4 is 11.6 Å². The number of alkyl halides is 3. The summed E-state index contributed by atoms with van der Waals surface area (Å²) >= 11 is 0. The molecule has 0 unspecified atom stereocenters. The molecule has 1 saturated heterocycles. The van der Waals surface area contributed by atoms with Crippen LogP contribution in [0.4, 0.5) is 18.9 Å². The number of halogens is 3. The molecular formula is C25H27F3N4O2. The summed E-state index contributed by atoms with van der Waals surface area (Å²) in [6.07, 6.45) is 0.841. The number of nitrogens with one attached hydrogen (secondary N) is 1. The molecule has 1 N–H and O–H groups in total. The zero-order chi connectivity index (χ0) is 24.1. The van der Waals surface area contributed by atoms with Gasteiger partial charge in [0.1, 0.15) is 12.4 Å². The number of carbonyl (C=O) groups excluding carboxylic acids is 1. The van der Waals surface area contributed by atoms with Gasteiger partial charge in [-0.3, -0.25) is 14.4 Å². The summed E-state index contributed by atoms with van der Waals surface area (Å²) < 4.78 is 46.8. The quantitative estimate of drug-likeness (QED) is 0.512. The first-order valence-electron chi connectivity index (χ1n) is 11.3. The maximum absolute atomic E-state index is 13.0. The lowest BCUT2D eigenvalue weighted by Gasteiger charge is -2.26. The molecule has 34 heavy (non-hydrogen) atoms. The molecule has 3 aromatic rings. The summed E-state index contributed by atoms with van der Waals surface area (Å²) in [5.74, 6) is 0.0264. The first kappa shape index (κ1) is 23.8. The predicted molar refractivity (Wildman–Crippen MR) is 124 cm³/mol. The highest BCUT2D eigenvalue weighted by Gasteiger charge is 2.31. The maximum Gasteiger partial charge on any atom is 0.416 e. The number of anilines is 1. The molecule has 1 aliphatic rings. The molecule has 0 radical (unpaired) electrons. The minimum Gasteiger partial charge on any atom is -0.492 e. The number of ether oxygens (including phenoxy) is 1. The van der Waals surface area contributed by atoms with E-state index in [-0.39, 0.29) is 5.56 Å². The zero-order valence-corrected chi connectivity index (χ0v) is 18.9. The molecule has 0 bridgehead atoms. The number of benzene rings is 2. The Morgan fingerprint density at radius 3 is 2.59 bits per heavy atom. The Labute approximate surface area is 196 Å². The van der Waals surface area contributed by atoms with Crippen LogP contribution in [0.1, 0.15) is 35.2 Å². The van der Waals surface area contributed by atoms with Gasteiger partial charge in [0.05, 0.1) is 11.3 Å². The summed E-state index contributed by atoms with van der Waals surface area (Å²) in [5.41, 5.74) is 1.04. The number of aromatic nitrogens is 2. The fourth-order valence-corrected chi connectivity index (χ4v) is 4.08. The van der Waals surface area contributed by atoms with Crippen LogP contribution in [0.25, 0.3) is 11.3 Å². The molecule has 180 valence electrons. The zero-order valence-electron chi connectivity index (χ0n) is 18.9. The minimum absolute atomic E-state index is 0.0706. The van der Waals surface area contributed by atoms with E-state index < -0.39 is 17.6 Å². The third-order valence-electron chi connectivity index (χ3n) is 5.90. The molecule has 1 fully saturated rings. The summed E-state index contributed by atoms with van der Waals surface area (Å²) in [7, 11) is 1.81. The Kier molecular flexibility index (Phi) is 7.21. The fourth-order valence-electron chi connectivity index (χ4n) is 4.08. The van der Waals surface area contributed by atoms with Crippen molar-refractivity contribution in [1.82, 2.24) is 14.7 Å². The molecule has 9 heteroatoms. The number of rotatable bonds is 7. The third-order valence-corrected chi connectivity index (χ3v) is 5.90. The van der Waals surface area contributed by atoms with Gasteiger partial charge in [-0.1, -0.05) is 12.5 Å².